The Morgan fingerprint density at radius 3 is 2.03 bits per heavy atom. The van der Waals surface area contributed by atoms with E-state index in [1.54, 1.807) is 30.3 Å². The lowest BCUT2D eigenvalue weighted by molar-refractivity contribution is -0.143. The fourth-order valence-corrected chi connectivity index (χ4v) is 2.68. The van der Waals surface area contributed by atoms with Crippen molar-refractivity contribution in [3.8, 4) is 0 Å². The summed E-state index contributed by atoms with van der Waals surface area (Å²) in [5.41, 5.74) is -0.213. The number of hydrogen-bond acceptors (Lipinski definition) is 4. The maximum Gasteiger partial charge on any atom is 0.416 e. The van der Waals surface area contributed by atoms with Gasteiger partial charge in [0.15, 0.2) is 0 Å². The second-order valence-electron chi connectivity index (χ2n) is 6.17. The zero-order chi connectivity index (χ0) is 21.2. The van der Waals surface area contributed by atoms with Crippen molar-refractivity contribution in [2.75, 3.05) is 11.9 Å². The standard InChI is InChI=1S/C19H14F3N3O4/c20-19(21,22)13-6-8-14(9-7-13)23-15(26)11-25-17(28)16(27)24(18(25)29)10-12-4-2-1-3-5-12/h1-9H,10-11H2,(H,23,26). The van der Waals surface area contributed by atoms with Crippen molar-refractivity contribution in [1.82, 2.24) is 9.80 Å². The van der Waals surface area contributed by atoms with E-state index in [4.69, 9.17) is 0 Å². The maximum absolute atomic E-state index is 12.6. The fourth-order valence-electron chi connectivity index (χ4n) is 2.68. The summed E-state index contributed by atoms with van der Waals surface area (Å²) in [6.07, 6.45) is -4.51. The molecule has 3 rings (SSSR count). The Labute approximate surface area is 162 Å². The molecule has 10 heteroatoms. The van der Waals surface area contributed by atoms with E-state index in [-0.39, 0.29) is 12.2 Å². The van der Waals surface area contributed by atoms with E-state index >= 15 is 0 Å². The molecule has 1 aliphatic rings. The molecule has 1 aliphatic heterocycles. The lowest BCUT2D eigenvalue weighted by Crippen LogP contribution is -2.38. The van der Waals surface area contributed by atoms with Crippen LogP contribution in [0, 0.1) is 0 Å². The first kappa shape index (κ1) is 20.1. The Hall–Kier alpha value is -3.69. The lowest BCUT2D eigenvalue weighted by atomic mass is 10.2. The minimum Gasteiger partial charge on any atom is -0.325 e. The maximum atomic E-state index is 12.6. The summed E-state index contributed by atoms with van der Waals surface area (Å²) in [5, 5.41) is 2.29. The predicted octanol–water partition coefficient (Wildman–Crippen LogP) is 2.63. The van der Waals surface area contributed by atoms with E-state index in [0.717, 1.165) is 29.2 Å². The number of nitrogens with one attached hydrogen (secondary N) is 1. The average Bonchev–Trinajstić information content (AvgIpc) is 2.87. The highest BCUT2D eigenvalue weighted by molar-refractivity contribution is 6.45. The first-order chi connectivity index (χ1) is 13.7. The number of hydrogen-bond donors (Lipinski definition) is 1. The van der Waals surface area contributed by atoms with E-state index < -0.39 is 42.0 Å². The van der Waals surface area contributed by atoms with Gasteiger partial charge in [0.2, 0.25) is 5.91 Å². The molecule has 2 aromatic carbocycles. The molecular weight excluding hydrogens is 391 g/mol. The number of benzene rings is 2. The van der Waals surface area contributed by atoms with Gasteiger partial charge in [0.05, 0.1) is 12.1 Å². The van der Waals surface area contributed by atoms with Gasteiger partial charge >= 0.3 is 24.0 Å². The number of nitrogens with zero attached hydrogens (tertiary/aromatic N) is 2. The minimum absolute atomic E-state index is 0.0505. The number of alkyl halides is 3. The van der Waals surface area contributed by atoms with Crippen LogP contribution in [0.5, 0.6) is 0 Å². The number of amides is 5. The summed E-state index contributed by atoms with van der Waals surface area (Å²) < 4.78 is 37.7. The SMILES string of the molecule is O=C(CN1C(=O)C(=O)N(Cc2ccccc2)C1=O)Nc1ccc(C(F)(F)F)cc1. The Morgan fingerprint density at radius 2 is 1.45 bits per heavy atom. The van der Waals surface area contributed by atoms with Crippen LogP contribution in [0.25, 0.3) is 0 Å². The number of halogens is 3. The molecule has 0 aromatic heterocycles. The Bertz CT molecular complexity index is 959. The monoisotopic (exact) mass is 405 g/mol. The summed E-state index contributed by atoms with van der Waals surface area (Å²) in [6, 6.07) is 11.2. The van der Waals surface area contributed by atoms with Crippen LogP contribution >= 0.6 is 0 Å². The van der Waals surface area contributed by atoms with Gasteiger partial charge in [0, 0.05) is 5.69 Å². The van der Waals surface area contributed by atoms with Gasteiger partial charge in [-0.2, -0.15) is 13.2 Å². The molecular formula is C19H14F3N3O4. The molecule has 0 aliphatic carbocycles. The number of imide groups is 2. The third kappa shape index (κ3) is 4.42. The minimum atomic E-state index is -4.51. The summed E-state index contributed by atoms with van der Waals surface area (Å²) >= 11 is 0. The lowest BCUT2D eigenvalue weighted by Gasteiger charge is -2.15. The molecule has 1 fully saturated rings. The molecule has 0 unspecified atom stereocenters. The van der Waals surface area contributed by atoms with Crippen molar-refractivity contribution in [3.63, 3.8) is 0 Å². The average molecular weight is 405 g/mol. The van der Waals surface area contributed by atoms with Crippen molar-refractivity contribution in [2.24, 2.45) is 0 Å². The smallest absolute Gasteiger partial charge is 0.325 e. The quantitative estimate of drug-likeness (QED) is 0.612. The predicted molar refractivity (Wildman–Crippen MR) is 94.2 cm³/mol. The van der Waals surface area contributed by atoms with Crippen LogP contribution < -0.4 is 5.32 Å². The Morgan fingerprint density at radius 1 is 0.862 bits per heavy atom. The second-order valence-corrected chi connectivity index (χ2v) is 6.17. The molecule has 1 N–H and O–H groups in total. The zero-order valence-corrected chi connectivity index (χ0v) is 14.8. The molecule has 0 saturated carbocycles. The highest BCUT2D eigenvalue weighted by atomic mass is 19.4. The number of urea groups is 1. The summed E-state index contributed by atoms with van der Waals surface area (Å²) in [5.74, 6) is -3.03. The topological polar surface area (TPSA) is 86.8 Å². The highest BCUT2D eigenvalue weighted by Crippen LogP contribution is 2.29. The zero-order valence-electron chi connectivity index (χ0n) is 14.8. The van der Waals surface area contributed by atoms with Gasteiger partial charge in [-0.1, -0.05) is 30.3 Å². The molecule has 2 aromatic rings. The van der Waals surface area contributed by atoms with Crippen LogP contribution in [0.3, 0.4) is 0 Å². The molecule has 29 heavy (non-hydrogen) atoms. The van der Waals surface area contributed by atoms with E-state index in [1.807, 2.05) is 0 Å². The Balaban J connectivity index is 1.64. The highest BCUT2D eigenvalue weighted by Gasteiger charge is 2.45. The van der Waals surface area contributed by atoms with Gasteiger partial charge in [0.25, 0.3) is 0 Å². The van der Waals surface area contributed by atoms with Crippen LogP contribution in [-0.4, -0.2) is 40.1 Å². The van der Waals surface area contributed by atoms with Gasteiger partial charge < -0.3 is 5.32 Å². The molecule has 5 amide bonds. The van der Waals surface area contributed by atoms with Crippen molar-refractivity contribution >= 4 is 29.4 Å². The normalized spacial score (nSPS) is 14.5. The summed E-state index contributed by atoms with van der Waals surface area (Å²) in [7, 11) is 0. The van der Waals surface area contributed by atoms with E-state index in [9.17, 15) is 32.3 Å². The summed E-state index contributed by atoms with van der Waals surface area (Å²) in [4.78, 5) is 49.8. The van der Waals surface area contributed by atoms with Crippen LogP contribution in [0.2, 0.25) is 0 Å². The second kappa shape index (κ2) is 7.74. The van der Waals surface area contributed by atoms with Crippen molar-refractivity contribution in [2.45, 2.75) is 12.7 Å². The number of anilines is 1. The van der Waals surface area contributed by atoms with Crippen LogP contribution in [0.1, 0.15) is 11.1 Å². The molecule has 0 atom stereocenters. The molecule has 0 bridgehead atoms. The van der Waals surface area contributed by atoms with Gasteiger partial charge in [-0.05, 0) is 29.8 Å². The Kier molecular flexibility index (Phi) is 5.35. The first-order valence-electron chi connectivity index (χ1n) is 8.35. The van der Waals surface area contributed by atoms with E-state index in [1.165, 1.54) is 0 Å². The van der Waals surface area contributed by atoms with Gasteiger partial charge in [-0.25, -0.2) is 9.69 Å². The van der Waals surface area contributed by atoms with Crippen molar-refractivity contribution in [1.29, 1.82) is 0 Å². The molecule has 7 nitrogen and oxygen atoms in total. The largest absolute Gasteiger partial charge is 0.416 e. The van der Waals surface area contributed by atoms with Crippen LogP contribution in [0.4, 0.5) is 23.7 Å². The van der Waals surface area contributed by atoms with E-state index in [0.29, 0.717) is 10.5 Å². The third-order valence-electron chi connectivity index (χ3n) is 4.12. The third-order valence-corrected chi connectivity index (χ3v) is 4.12. The number of carbonyl (C=O) groups excluding carboxylic acids is 4. The summed E-state index contributed by atoms with van der Waals surface area (Å²) in [6.45, 7) is -0.864. The molecule has 1 heterocycles. The van der Waals surface area contributed by atoms with Gasteiger partial charge in [-0.15, -0.1) is 0 Å². The van der Waals surface area contributed by atoms with Crippen molar-refractivity contribution < 1.29 is 32.3 Å². The number of carbonyl (C=O) groups is 4. The molecule has 0 radical (unpaired) electrons. The fraction of sp³-hybridized carbons (Fsp3) is 0.158. The first-order valence-corrected chi connectivity index (χ1v) is 8.35. The molecule has 1 saturated heterocycles. The van der Waals surface area contributed by atoms with Gasteiger partial charge in [-0.3, -0.25) is 19.3 Å². The molecule has 0 spiro atoms. The van der Waals surface area contributed by atoms with Crippen molar-refractivity contribution in [3.05, 3.63) is 65.7 Å². The number of rotatable bonds is 5. The van der Waals surface area contributed by atoms with Gasteiger partial charge in [0.1, 0.15) is 6.54 Å². The van der Waals surface area contributed by atoms with Crippen LogP contribution in [-0.2, 0) is 27.1 Å². The van der Waals surface area contributed by atoms with E-state index in [2.05, 4.69) is 5.32 Å². The molecule has 150 valence electrons. The van der Waals surface area contributed by atoms with Crippen LogP contribution in [0.15, 0.2) is 54.6 Å².